The summed E-state index contributed by atoms with van der Waals surface area (Å²) in [6.45, 7) is 0. The van der Waals surface area contributed by atoms with Gasteiger partial charge in [-0.1, -0.05) is 59.1 Å². The van der Waals surface area contributed by atoms with Gasteiger partial charge in [-0.2, -0.15) is 5.01 Å². The Morgan fingerprint density at radius 1 is 0.893 bits per heavy atom. The topological polar surface area (TPSA) is 166 Å². The van der Waals surface area contributed by atoms with E-state index >= 15 is 9.59 Å². The molecule has 6 atom stereocenters. The van der Waals surface area contributed by atoms with Crippen LogP contribution < -0.4 is 25.3 Å². The van der Waals surface area contributed by atoms with Crippen molar-refractivity contribution in [3.8, 4) is 17.2 Å². The molecule has 0 unspecified atom stereocenters. The lowest BCUT2D eigenvalue weighted by Crippen LogP contribution is -2.53. The molecular formula is C40H33BBrCl2N3O9. The van der Waals surface area contributed by atoms with Gasteiger partial charge in [-0.15, -0.1) is 0 Å². The van der Waals surface area contributed by atoms with Crippen LogP contribution in [0, 0.1) is 23.7 Å². The number of ether oxygens (including phenoxy) is 2. The van der Waals surface area contributed by atoms with E-state index in [1.54, 1.807) is 54.6 Å². The fourth-order valence-corrected chi connectivity index (χ4v) is 10.1. The molecule has 0 aromatic heterocycles. The second kappa shape index (κ2) is 14.3. The van der Waals surface area contributed by atoms with Crippen LogP contribution in [0.25, 0.3) is 0 Å². The fraction of sp³-hybridized carbons (Fsp3) is 0.250. The van der Waals surface area contributed by atoms with Gasteiger partial charge in [-0.05, 0) is 106 Å². The van der Waals surface area contributed by atoms with Crippen LogP contribution in [-0.2, 0) is 24.6 Å². The Morgan fingerprint density at radius 2 is 1.64 bits per heavy atom. The summed E-state index contributed by atoms with van der Waals surface area (Å²) in [5.41, 5.74) is 3.56. The first kappa shape index (κ1) is 38.0. The number of nitrogens with one attached hydrogen (secondary N) is 1. The Bertz CT molecular complexity index is 2360. The number of carbonyl (C=O) groups is 4. The van der Waals surface area contributed by atoms with E-state index in [1.807, 2.05) is 6.08 Å². The molecule has 0 spiro atoms. The smallest absolute Gasteiger partial charge is 0.488 e. The van der Waals surface area contributed by atoms with Crippen molar-refractivity contribution in [2.75, 3.05) is 24.5 Å². The number of rotatable bonds is 8. The molecule has 16 heteroatoms. The van der Waals surface area contributed by atoms with Gasteiger partial charge in [-0.3, -0.25) is 29.5 Å². The lowest BCUT2D eigenvalue weighted by molar-refractivity contribution is -0.138. The lowest BCUT2D eigenvalue weighted by atomic mass is 9.49. The normalized spacial score (nSPS) is 25.4. The molecule has 4 amide bonds. The number of anilines is 2. The molecule has 4 aromatic rings. The summed E-state index contributed by atoms with van der Waals surface area (Å²) in [5.74, 6) is -6.08. The molecule has 12 nitrogen and oxygen atoms in total. The van der Waals surface area contributed by atoms with E-state index in [9.17, 15) is 24.7 Å². The average Bonchev–Trinajstić information content (AvgIpc) is 3.57. The Balaban J connectivity index is 1.34. The van der Waals surface area contributed by atoms with Crippen LogP contribution in [-0.4, -0.2) is 65.1 Å². The number of carbonyl (C=O) groups excluding carboxylic acids is 4. The summed E-state index contributed by atoms with van der Waals surface area (Å²) in [5, 5.41) is 32.1. The molecular weight excluding hydrogens is 828 g/mol. The maximum atomic E-state index is 15.5. The van der Waals surface area contributed by atoms with Crippen molar-refractivity contribution in [1.29, 1.82) is 0 Å². The number of methoxy groups -OCH3 is 2. The van der Waals surface area contributed by atoms with E-state index in [0.717, 1.165) is 9.91 Å². The summed E-state index contributed by atoms with van der Waals surface area (Å²) in [6.07, 6.45) is 2.07. The maximum Gasteiger partial charge on any atom is 0.488 e. The minimum atomic E-state index is -1.82. The van der Waals surface area contributed by atoms with Crippen molar-refractivity contribution in [2.45, 2.75) is 24.2 Å². The van der Waals surface area contributed by atoms with Gasteiger partial charge in [0.05, 0.1) is 58.3 Å². The minimum Gasteiger partial charge on any atom is -0.503 e. The minimum absolute atomic E-state index is 0.0191. The van der Waals surface area contributed by atoms with Crippen molar-refractivity contribution in [3.63, 3.8) is 0 Å². The van der Waals surface area contributed by atoms with Gasteiger partial charge in [0, 0.05) is 10.9 Å². The summed E-state index contributed by atoms with van der Waals surface area (Å²) in [6, 6.07) is 20.8. The maximum absolute atomic E-state index is 15.5. The Labute approximate surface area is 339 Å². The van der Waals surface area contributed by atoms with Crippen LogP contribution in [0.1, 0.15) is 29.9 Å². The number of fused-ring (bicyclic) bond motifs is 4. The van der Waals surface area contributed by atoms with Crippen molar-refractivity contribution in [3.05, 3.63) is 116 Å². The molecule has 2 aliphatic heterocycles. The van der Waals surface area contributed by atoms with Crippen LogP contribution in [0.4, 0.5) is 11.4 Å². The molecule has 0 radical (unpaired) electrons. The van der Waals surface area contributed by atoms with Crippen molar-refractivity contribution < 1.29 is 43.8 Å². The second-order valence-corrected chi connectivity index (χ2v) is 15.9. The predicted molar refractivity (Wildman–Crippen MR) is 212 cm³/mol. The SMILES string of the molecule is COc1ccc([C@@]23C(=O)N(Nc4ccc(Cl)cc4Cl)C(=O)[C@@H]2C[C@@H]2C(=CC[C@@H]4C(=O)N(c5cccc(B(O)O)c5)C(=O)[C@@H]42)[C@@H]3c2cc(Br)c(O)c(OC)c2)cc1. The number of hydrogen-bond donors (Lipinski definition) is 4. The summed E-state index contributed by atoms with van der Waals surface area (Å²) < 4.78 is 11.3. The molecule has 4 N–H and O–H groups in total. The Kier molecular flexibility index (Phi) is 9.69. The molecule has 4 aliphatic rings. The zero-order valence-corrected chi connectivity index (χ0v) is 32.9. The van der Waals surface area contributed by atoms with Crippen LogP contribution >= 0.6 is 39.1 Å². The molecule has 0 bridgehead atoms. The highest BCUT2D eigenvalue weighted by atomic mass is 79.9. The molecule has 2 aliphatic carbocycles. The van der Waals surface area contributed by atoms with E-state index in [0.29, 0.717) is 27.5 Å². The van der Waals surface area contributed by atoms with Crippen molar-refractivity contribution in [2.24, 2.45) is 23.7 Å². The summed E-state index contributed by atoms with van der Waals surface area (Å²) in [4.78, 5) is 60.4. The number of benzene rings is 4. The standard InChI is InChI=1S/C40H33BBrCl2N3O9/c1-55-24-9-6-20(7-10-24)40-28(37(50)47(39(40)52)45-31-13-8-22(43)17-30(31)44)18-27-25(34(40)19-14-29(42)35(48)32(15-19)56-2)11-12-26-33(27)38(51)46(36(26)49)23-5-3-4-21(16-23)41(53)54/h3-11,13-17,26-28,33-34,45,48,53-54H,12,18H2,1-2H3/t26-,27+,28-,33-,34-,40+/m0/s1. The first-order valence-electron chi connectivity index (χ1n) is 17.7. The van der Waals surface area contributed by atoms with Gasteiger partial charge in [0.1, 0.15) is 5.75 Å². The predicted octanol–water partition coefficient (Wildman–Crippen LogP) is 5.35. The highest BCUT2D eigenvalue weighted by molar-refractivity contribution is 9.10. The van der Waals surface area contributed by atoms with E-state index in [-0.39, 0.29) is 50.7 Å². The molecule has 286 valence electrons. The van der Waals surface area contributed by atoms with Gasteiger partial charge >= 0.3 is 7.12 Å². The number of phenolic OH excluding ortho intramolecular Hbond substituents is 1. The zero-order chi connectivity index (χ0) is 39.8. The van der Waals surface area contributed by atoms with E-state index in [4.69, 9.17) is 32.7 Å². The van der Waals surface area contributed by atoms with Gasteiger partial charge in [0.25, 0.3) is 11.8 Å². The highest BCUT2D eigenvalue weighted by Gasteiger charge is 2.70. The van der Waals surface area contributed by atoms with E-state index < -0.39 is 65.8 Å². The molecule has 2 heterocycles. The van der Waals surface area contributed by atoms with Crippen LogP contribution in [0.3, 0.4) is 0 Å². The number of phenols is 1. The third-order valence-corrected chi connectivity index (χ3v) is 12.8. The van der Waals surface area contributed by atoms with E-state index in [2.05, 4.69) is 21.4 Å². The Hall–Kier alpha value is -4.86. The fourth-order valence-electron chi connectivity index (χ4n) is 9.21. The number of imide groups is 2. The number of hydrazine groups is 1. The average molecular weight is 861 g/mol. The Morgan fingerprint density at radius 3 is 2.32 bits per heavy atom. The molecule has 3 fully saturated rings. The van der Waals surface area contributed by atoms with Gasteiger partial charge in [-0.25, -0.2) is 0 Å². The first-order valence-corrected chi connectivity index (χ1v) is 19.2. The van der Waals surface area contributed by atoms with Crippen molar-refractivity contribution in [1.82, 2.24) is 5.01 Å². The van der Waals surface area contributed by atoms with Crippen LogP contribution in [0.2, 0.25) is 10.0 Å². The van der Waals surface area contributed by atoms with Gasteiger partial charge in [0.15, 0.2) is 11.5 Å². The zero-order valence-electron chi connectivity index (χ0n) is 29.8. The van der Waals surface area contributed by atoms with Crippen LogP contribution in [0.15, 0.2) is 95.0 Å². The monoisotopic (exact) mass is 859 g/mol. The quantitative estimate of drug-likeness (QED) is 0.103. The number of amides is 4. The molecule has 8 rings (SSSR count). The second-order valence-electron chi connectivity index (χ2n) is 14.2. The molecule has 56 heavy (non-hydrogen) atoms. The van der Waals surface area contributed by atoms with Gasteiger partial charge < -0.3 is 24.6 Å². The number of allylic oxidation sites excluding steroid dienone is 2. The number of nitrogens with zero attached hydrogens (tertiary/aromatic N) is 2. The lowest BCUT2D eigenvalue weighted by Gasteiger charge is -2.50. The summed E-state index contributed by atoms with van der Waals surface area (Å²) >= 11 is 16.2. The number of hydrogen-bond acceptors (Lipinski definition) is 10. The molecule has 1 saturated carbocycles. The first-order chi connectivity index (χ1) is 26.8. The third kappa shape index (κ3) is 5.72. The molecule has 4 aromatic carbocycles. The van der Waals surface area contributed by atoms with E-state index in [1.165, 1.54) is 38.5 Å². The summed E-state index contributed by atoms with van der Waals surface area (Å²) in [7, 11) is 1.09. The molecule has 2 saturated heterocycles. The highest BCUT2D eigenvalue weighted by Crippen LogP contribution is 2.65. The van der Waals surface area contributed by atoms with Crippen LogP contribution in [0.5, 0.6) is 17.2 Å². The van der Waals surface area contributed by atoms with Gasteiger partial charge in [0.2, 0.25) is 11.8 Å². The van der Waals surface area contributed by atoms with Crippen molar-refractivity contribution >= 4 is 86.7 Å². The number of aromatic hydroxyl groups is 1. The third-order valence-electron chi connectivity index (χ3n) is 11.6. The number of halogens is 3. The largest absolute Gasteiger partial charge is 0.503 e.